The van der Waals surface area contributed by atoms with Crippen molar-refractivity contribution in [3.8, 4) is 0 Å². The molecule has 2 aromatic rings. The summed E-state index contributed by atoms with van der Waals surface area (Å²) in [5.74, 6) is -0.0625. The van der Waals surface area contributed by atoms with Crippen LogP contribution >= 0.6 is 15.9 Å². The lowest BCUT2D eigenvalue weighted by atomic mass is 10.4. The molecule has 0 atom stereocenters. The van der Waals surface area contributed by atoms with E-state index in [4.69, 9.17) is 0 Å². The molecule has 1 aromatic carbocycles. The van der Waals surface area contributed by atoms with E-state index in [2.05, 4.69) is 35.8 Å². The summed E-state index contributed by atoms with van der Waals surface area (Å²) >= 11 is 3.20. The zero-order valence-electron chi connectivity index (χ0n) is 8.41. The van der Waals surface area contributed by atoms with E-state index >= 15 is 0 Å². The van der Waals surface area contributed by atoms with E-state index < -0.39 is 10.0 Å². The van der Waals surface area contributed by atoms with Crippen LogP contribution in [-0.4, -0.2) is 23.6 Å². The summed E-state index contributed by atoms with van der Waals surface area (Å²) < 4.78 is 26.7. The van der Waals surface area contributed by atoms with Crippen molar-refractivity contribution in [2.24, 2.45) is 0 Å². The van der Waals surface area contributed by atoms with Crippen LogP contribution in [0.15, 0.2) is 46.0 Å². The lowest BCUT2D eigenvalue weighted by Gasteiger charge is -2.05. The summed E-state index contributed by atoms with van der Waals surface area (Å²) in [6, 6.07) is 6.32. The van der Waals surface area contributed by atoms with Crippen molar-refractivity contribution in [3.05, 3.63) is 41.1 Å². The minimum Gasteiger partial charge on any atom is -0.246 e. The van der Waals surface area contributed by atoms with Gasteiger partial charge in [-0.15, -0.1) is 5.10 Å². The summed E-state index contributed by atoms with van der Waals surface area (Å²) in [6.45, 7) is 0. The van der Waals surface area contributed by atoms with E-state index in [9.17, 15) is 8.42 Å². The van der Waals surface area contributed by atoms with Crippen LogP contribution in [0.25, 0.3) is 0 Å². The van der Waals surface area contributed by atoms with Gasteiger partial charge in [-0.05, 0) is 18.2 Å². The summed E-state index contributed by atoms with van der Waals surface area (Å²) in [4.78, 5) is 3.86. The molecule has 2 rings (SSSR count). The van der Waals surface area contributed by atoms with Gasteiger partial charge in [-0.25, -0.2) is 18.1 Å². The fourth-order valence-electron chi connectivity index (χ4n) is 1.11. The van der Waals surface area contributed by atoms with Gasteiger partial charge in [0.1, 0.15) is 0 Å². The SMILES string of the molecule is O=S(=O)(Nc1nccnn1)c1cccc(Br)c1. The van der Waals surface area contributed by atoms with Crippen molar-refractivity contribution in [2.75, 3.05) is 4.72 Å². The second-order valence-electron chi connectivity index (χ2n) is 3.03. The number of benzene rings is 1. The van der Waals surface area contributed by atoms with E-state index in [0.717, 1.165) is 0 Å². The lowest BCUT2D eigenvalue weighted by Crippen LogP contribution is -2.15. The second-order valence-corrected chi connectivity index (χ2v) is 5.63. The van der Waals surface area contributed by atoms with Crippen molar-refractivity contribution in [3.63, 3.8) is 0 Å². The van der Waals surface area contributed by atoms with Gasteiger partial charge in [0.15, 0.2) is 0 Å². The van der Waals surface area contributed by atoms with Gasteiger partial charge < -0.3 is 0 Å². The second kappa shape index (κ2) is 4.76. The number of nitrogens with one attached hydrogen (secondary N) is 1. The molecule has 0 saturated heterocycles. The largest absolute Gasteiger partial charge is 0.264 e. The van der Waals surface area contributed by atoms with Crippen LogP contribution in [-0.2, 0) is 10.0 Å². The number of hydrogen-bond donors (Lipinski definition) is 1. The first kappa shape index (κ1) is 11.9. The Balaban J connectivity index is 2.32. The van der Waals surface area contributed by atoms with Crippen LogP contribution in [0, 0.1) is 0 Å². The molecule has 0 fully saturated rings. The van der Waals surface area contributed by atoms with Gasteiger partial charge in [-0.1, -0.05) is 22.0 Å². The highest BCUT2D eigenvalue weighted by Crippen LogP contribution is 2.17. The van der Waals surface area contributed by atoms with Crippen LogP contribution in [0.5, 0.6) is 0 Å². The highest BCUT2D eigenvalue weighted by atomic mass is 79.9. The Morgan fingerprint density at radius 2 is 2.06 bits per heavy atom. The van der Waals surface area contributed by atoms with Gasteiger partial charge >= 0.3 is 0 Å². The minimum atomic E-state index is -3.68. The number of halogens is 1. The Morgan fingerprint density at radius 1 is 1.24 bits per heavy atom. The monoisotopic (exact) mass is 314 g/mol. The molecular formula is C9H7BrN4O2S. The number of anilines is 1. The molecule has 8 heteroatoms. The normalized spacial score (nSPS) is 11.1. The molecule has 1 N–H and O–H groups in total. The molecule has 0 unspecified atom stereocenters. The third kappa shape index (κ3) is 2.98. The standard InChI is InChI=1S/C9H7BrN4O2S/c10-7-2-1-3-8(6-7)17(15,16)14-9-11-4-5-12-13-9/h1-6H,(H,11,13,14). The average molecular weight is 315 g/mol. The molecule has 17 heavy (non-hydrogen) atoms. The van der Waals surface area contributed by atoms with Gasteiger partial charge in [0.25, 0.3) is 16.0 Å². The van der Waals surface area contributed by atoms with E-state index in [1.54, 1.807) is 12.1 Å². The molecule has 0 aliphatic carbocycles. The molecule has 1 aromatic heterocycles. The predicted molar refractivity (Wildman–Crippen MR) is 64.8 cm³/mol. The fraction of sp³-hybridized carbons (Fsp3) is 0. The number of sulfonamides is 1. The number of aromatic nitrogens is 3. The van der Waals surface area contributed by atoms with Crippen molar-refractivity contribution in [2.45, 2.75) is 4.90 Å². The molecule has 0 spiro atoms. The van der Waals surface area contributed by atoms with Crippen molar-refractivity contribution in [1.82, 2.24) is 15.2 Å². The molecule has 6 nitrogen and oxygen atoms in total. The highest BCUT2D eigenvalue weighted by molar-refractivity contribution is 9.10. The topological polar surface area (TPSA) is 84.8 Å². The average Bonchev–Trinajstić information content (AvgIpc) is 2.30. The summed E-state index contributed by atoms with van der Waals surface area (Å²) in [6.07, 6.45) is 2.71. The Kier molecular flexibility index (Phi) is 3.34. The van der Waals surface area contributed by atoms with Crippen LogP contribution in [0.1, 0.15) is 0 Å². The van der Waals surface area contributed by atoms with Gasteiger partial charge in [0.2, 0.25) is 0 Å². The predicted octanol–water partition coefficient (Wildman–Crippen LogP) is 1.43. The Bertz CT molecular complexity index is 618. The van der Waals surface area contributed by atoms with Gasteiger partial charge in [-0.2, -0.15) is 5.10 Å². The van der Waals surface area contributed by atoms with E-state index in [-0.39, 0.29) is 10.8 Å². The molecule has 88 valence electrons. The first-order chi connectivity index (χ1) is 8.08. The molecule has 0 saturated carbocycles. The maximum Gasteiger partial charge on any atom is 0.264 e. The molecular weight excluding hydrogens is 308 g/mol. The third-order valence-corrected chi connectivity index (χ3v) is 3.63. The van der Waals surface area contributed by atoms with Crippen molar-refractivity contribution >= 4 is 31.9 Å². The van der Waals surface area contributed by atoms with Gasteiger partial charge in [-0.3, -0.25) is 0 Å². The van der Waals surface area contributed by atoms with Gasteiger partial charge in [0, 0.05) is 4.47 Å². The molecule has 0 aliphatic rings. The van der Waals surface area contributed by atoms with Crippen LogP contribution in [0.4, 0.5) is 5.95 Å². The Labute approximate surface area is 106 Å². The maximum atomic E-state index is 11.9. The fourth-order valence-corrected chi connectivity index (χ4v) is 2.65. The summed E-state index contributed by atoms with van der Waals surface area (Å²) in [7, 11) is -3.68. The number of hydrogen-bond acceptors (Lipinski definition) is 5. The van der Waals surface area contributed by atoms with E-state index in [1.807, 2.05) is 0 Å². The van der Waals surface area contributed by atoms with E-state index in [0.29, 0.717) is 4.47 Å². The molecule has 0 amide bonds. The molecule has 0 radical (unpaired) electrons. The third-order valence-electron chi connectivity index (χ3n) is 1.81. The first-order valence-electron chi connectivity index (χ1n) is 4.50. The van der Waals surface area contributed by atoms with Crippen molar-refractivity contribution < 1.29 is 8.42 Å². The Morgan fingerprint density at radius 3 is 2.71 bits per heavy atom. The number of rotatable bonds is 3. The van der Waals surface area contributed by atoms with Crippen LogP contribution in [0.3, 0.4) is 0 Å². The maximum absolute atomic E-state index is 11.9. The highest BCUT2D eigenvalue weighted by Gasteiger charge is 2.15. The minimum absolute atomic E-state index is 0.0625. The zero-order valence-corrected chi connectivity index (χ0v) is 10.8. The molecule has 1 heterocycles. The van der Waals surface area contributed by atoms with Crippen LogP contribution in [0.2, 0.25) is 0 Å². The summed E-state index contributed by atoms with van der Waals surface area (Å²) in [5.41, 5.74) is 0. The van der Waals surface area contributed by atoms with Crippen molar-refractivity contribution in [1.29, 1.82) is 0 Å². The number of nitrogens with zero attached hydrogens (tertiary/aromatic N) is 3. The van der Waals surface area contributed by atoms with Crippen LogP contribution < -0.4 is 4.72 Å². The summed E-state index contributed by atoms with van der Waals surface area (Å²) in [5, 5.41) is 7.08. The zero-order chi connectivity index (χ0) is 12.3. The first-order valence-corrected chi connectivity index (χ1v) is 6.78. The quantitative estimate of drug-likeness (QED) is 0.926. The lowest BCUT2D eigenvalue weighted by molar-refractivity contribution is 0.600. The Hall–Kier alpha value is -1.54. The van der Waals surface area contributed by atoms with E-state index in [1.165, 1.54) is 24.5 Å². The molecule has 0 bridgehead atoms. The van der Waals surface area contributed by atoms with Gasteiger partial charge in [0.05, 0.1) is 17.3 Å². The smallest absolute Gasteiger partial charge is 0.246 e. The molecule has 0 aliphatic heterocycles.